The lowest BCUT2D eigenvalue weighted by molar-refractivity contribution is 0.1000. The molecule has 1 amide bonds. The van der Waals surface area contributed by atoms with Gasteiger partial charge in [-0.05, 0) is 37.1 Å². The fourth-order valence-corrected chi connectivity index (χ4v) is 3.56. The third kappa shape index (κ3) is 3.91. The van der Waals surface area contributed by atoms with Crippen molar-refractivity contribution in [1.82, 2.24) is 14.7 Å². The number of benzene rings is 1. The number of aliphatic hydroxyl groups is 1. The van der Waals surface area contributed by atoms with E-state index in [0.717, 1.165) is 25.2 Å². The molecule has 0 radical (unpaired) electrons. The summed E-state index contributed by atoms with van der Waals surface area (Å²) < 4.78 is 1.96. The molecule has 3 rings (SSSR count). The van der Waals surface area contributed by atoms with E-state index < -0.39 is 5.91 Å². The molecule has 0 bridgehead atoms. The number of aliphatic hydroxyl groups excluding tert-OH is 1. The lowest BCUT2D eigenvalue weighted by Gasteiger charge is -2.16. The molecule has 6 heteroatoms. The predicted octanol–water partition coefficient (Wildman–Crippen LogP) is 1.77. The van der Waals surface area contributed by atoms with Gasteiger partial charge >= 0.3 is 0 Å². The monoisotopic (exact) mass is 342 g/mol. The first kappa shape index (κ1) is 17.6. The number of carbonyl (C=O) groups is 1. The summed E-state index contributed by atoms with van der Waals surface area (Å²) in [5.41, 5.74) is 8.14. The second-order valence-electron chi connectivity index (χ2n) is 7.16. The minimum absolute atomic E-state index is 0.162. The van der Waals surface area contributed by atoms with Crippen LogP contribution in [-0.4, -0.2) is 45.4 Å². The SMILES string of the molecule is CC(C)n1cc([C@@H]2CN(Cc3cccc(C(N)=O)c3)C[C@H]2CO)cn1. The van der Waals surface area contributed by atoms with Gasteiger partial charge in [-0.25, -0.2) is 0 Å². The van der Waals surface area contributed by atoms with Gasteiger partial charge in [-0.1, -0.05) is 12.1 Å². The van der Waals surface area contributed by atoms with E-state index in [2.05, 4.69) is 30.0 Å². The molecular formula is C19H26N4O2. The van der Waals surface area contributed by atoms with Crippen molar-refractivity contribution in [2.24, 2.45) is 11.7 Å². The normalized spacial score (nSPS) is 21.1. The molecule has 134 valence electrons. The summed E-state index contributed by atoms with van der Waals surface area (Å²) in [6, 6.07) is 7.77. The number of carbonyl (C=O) groups excluding carboxylic acids is 1. The molecule has 0 unspecified atom stereocenters. The number of amides is 1. The second kappa shape index (κ2) is 7.37. The van der Waals surface area contributed by atoms with E-state index in [4.69, 9.17) is 5.73 Å². The Hall–Kier alpha value is -2.18. The summed E-state index contributed by atoms with van der Waals surface area (Å²) in [6.07, 6.45) is 4.01. The first-order valence-corrected chi connectivity index (χ1v) is 8.74. The molecule has 2 aromatic rings. The van der Waals surface area contributed by atoms with E-state index >= 15 is 0 Å². The van der Waals surface area contributed by atoms with Gasteiger partial charge in [0, 0.05) is 55.9 Å². The molecular weight excluding hydrogens is 316 g/mol. The fourth-order valence-electron chi connectivity index (χ4n) is 3.56. The Morgan fingerprint density at radius 3 is 2.84 bits per heavy atom. The van der Waals surface area contributed by atoms with E-state index in [1.807, 2.05) is 29.1 Å². The second-order valence-corrected chi connectivity index (χ2v) is 7.16. The minimum atomic E-state index is -0.407. The quantitative estimate of drug-likeness (QED) is 0.838. The van der Waals surface area contributed by atoms with Crippen LogP contribution in [0.4, 0.5) is 0 Å². The zero-order chi connectivity index (χ0) is 18.0. The zero-order valence-electron chi connectivity index (χ0n) is 14.8. The molecule has 1 saturated heterocycles. The van der Waals surface area contributed by atoms with E-state index in [-0.39, 0.29) is 18.4 Å². The van der Waals surface area contributed by atoms with Crippen molar-refractivity contribution in [2.45, 2.75) is 32.4 Å². The zero-order valence-corrected chi connectivity index (χ0v) is 14.8. The fraction of sp³-hybridized carbons (Fsp3) is 0.474. The Morgan fingerprint density at radius 2 is 2.20 bits per heavy atom. The van der Waals surface area contributed by atoms with Crippen molar-refractivity contribution in [3.8, 4) is 0 Å². The van der Waals surface area contributed by atoms with Crippen LogP contribution in [0.5, 0.6) is 0 Å². The first-order chi connectivity index (χ1) is 12.0. The largest absolute Gasteiger partial charge is 0.396 e. The van der Waals surface area contributed by atoms with Crippen LogP contribution < -0.4 is 5.73 Å². The summed E-state index contributed by atoms with van der Waals surface area (Å²) in [4.78, 5) is 13.7. The average molecular weight is 342 g/mol. The third-order valence-electron chi connectivity index (χ3n) is 4.95. The third-order valence-corrected chi connectivity index (χ3v) is 4.95. The maximum Gasteiger partial charge on any atom is 0.248 e. The van der Waals surface area contributed by atoms with Gasteiger partial charge in [0.1, 0.15) is 0 Å². The van der Waals surface area contributed by atoms with Gasteiger partial charge in [0.2, 0.25) is 5.91 Å². The molecule has 0 saturated carbocycles. The maximum absolute atomic E-state index is 11.3. The predicted molar refractivity (Wildman–Crippen MR) is 96.2 cm³/mol. The van der Waals surface area contributed by atoms with Crippen molar-refractivity contribution in [2.75, 3.05) is 19.7 Å². The van der Waals surface area contributed by atoms with Gasteiger partial charge in [0.15, 0.2) is 0 Å². The van der Waals surface area contributed by atoms with Gasteiger partial charge in [-0.15, -0.1) is 0 Å². The van der Waals surface area contributed by atoms with Crippen LogP contribution in [-0.2, 0) is 6.54 Å². The molecule has 2 heterocycles. The van der Waals surface area contributed by atoms with Crippen LogP contribution in [0.3, 0.4) is 0 Å². The van der Waals surface area contributed by atoms with Crippen LogP contribution in [0.15, 0.2) is 36.7 Å². The molecule has 0 spiro atoms. The number of nitrogens with zero attached hydrogens (tertiary/aromatic N) is 3. The minimum Gasteiger partial charge on any atom is -0.396 e. The topological polar surface area (TPSA) is 84.4 Å². The Kier molecular flexibility index (Phi) is 5.20. The number of nitrogens with two attached hydrogens (primary N) is 1. The van der Waals surface area contributed by atoms with E-state index in [1.54, 1.807) is 6.07 Å². The summed E-state index contributed by atoms with van der Waals surface area (Å²) in [5.74, 6) is 0.0661. The van der Waals surface area contributed by atoms with Crippen molar-refractivity contribution in [1.29, 1.82) is 0 Å². The van der Waals surface area contributed by atoms with Crippen LogP contribution in [0.1, 0.15) is 47.3 Å². The lowest BCUT2D eigenvalue weighted by atomic mass is 9.92. The van der Waals surface area contributed by atoms with Gasteiger partial charge in [-0.3, -0.25) is 14.4 Å². The Labute approximate surface area is 148 Å². The smallest absolute Gasteiger partial charge is 0.248 e. The first-order valence-electron chi connectivity index (χ1n) is 8.74. The standard InChI is InChI=1S/C19H26N4O2/c1-13(2)23-10-16(7-21-23)18-11-22(9-17(18)12-24)8-14-4-3-5-15(6-14)19(20)25/h3-7,10,13,17-18,24H,8-9,11-12H2,1-2H3,(H2,20,25)/t17-,18-/m0/s1. The Bertz CT molecular complexity index is 741. The number of rotatable bonds is 6. The number of likely N-dealkylation sites (tertiary alicyclic amines) is 1. The highest BCUT2D eigenvalue weighted by atomic mass is 16.3. The highest BCUT2D eigenvalue weighted by molar-refractivity contribution is 5.92. The molecule has 1 aliphatic rings. The Morgan fingerprint density at radius 1 is 1.40 bits per heavy atom. The highest BCUT2D eigenvalue weighted by Gasteiger charge is 2.34. The molecule has 2 atom stereocenters. The van der Waals surface area contributed by atoms with Crippen molar-refractivity contribution >= 4 is 5.91 Å². The molecule has 1 fully saturated rings. The molecule has 25 heavy (non-hydrogen) atoms. The number of hydrogen-bond donors (Lipinski definition) is 2. The Balaban J connectivity index is 1.72. The van der Waals surface area contributed by atoms with Gasteiger partial charge in [-0.2, -0.15) is 5.10 Å². The van der Waals surface area contributed by atoms with E-state index in [9.17, 15) is 9.90 Å². The summed E-state index contributed by atoms with van der Waals surface area (Å²) in [7, 11) is 0. The maximum atomic E-state index is 11.3. The van der Waals surface area contributed by atoms with Crippen LogP contribution in [0.25, 0.3) is 0 Å². The van der Waals surface area contributed by atoms with Gasteiger partial charge < -0.3 is 10.8 Å². The van der Waals surface area contributed by atoms with Crippen molar-refractivity contribution in [3.63, 3.8) is 0 Å². The van der Waals surface area contributed by atoms with E-state index in [0.29, 0.717) is 11.6 Å². The molecule has 1 aliphatic heterocycles. The lowest BCUT2D eigenvalue weighted by Crippen LogP contribution is -2.21. The van der Waals surface area contributed by atoms with Crippen LogP contribution >= 0.6 is 0 Å². The number of primary amides is 1. The van der Waals surface area contributed by atoms with Crippen LogP contribution in [0, 0.1) is 5.92 Å². The van der Waals surface area contributed by atoms with Crippen molar-refractivity contribution in [3.05, 3.63) is 53.3 Å². The summed E-state index contributed by atoms with van der Waals surface area (Å²) in [6.45, 7) is 6.81. The van der Waals surface area contributed by atoms with Gasteiger partial charge in [0.05, 0.1) is 6.20 Å². The van der Waals surface area contributed by atoms with Crippen LogP contribution in [0.2, 0.25) is 0 Å². The molecule has 1 aromatic carbocycles. The summed E-state index contributed by atoms with van der Waals surface area (Å²) in [5, 5.41) is 14.2. The molecule has 1 aromatic heterocycles. The average Bonchev–Trinajstić information content (AvgIpc) is 3.21. The number of aromatic nitrogens is 2. The van der Waals surface area contributed by atoms with Gasteiger partial charge in [0.25, 0.3) is 0 Å². The number of hydrogen-bond acceptors (Lipinski definition) is 4. The molecule has 0 aliphatic carbocycles. The van der Waals surface area contributed by atoms with E-state index in [1.165, 1.54) is 5.56 Å². The highest BCUT2D eigenvalue weighted by Crippen LogP contribution is 2.33. The van der Waals surface area contributed by atoms with Crippen molar-refractivity contribution < 1.29 is 9.90 Å². The summed E-state index contributed by atoms with van der Waals surface area (Å²) >= 11 is 0. The molecule has 3 N–H and O–H groups in total. The molecule has 6 nitrogen and oxygen atoms in total.